The van der Waals surface area contributed by atoms with Gasteiger partial charge >= 0.3 is 0 Å². The molecule has 0 aliphatic carbocycles. The van der Waals surface area contributed by atoms with Gasteiger partial charge in [-0.2, -0.15) is 9.57 Å². The Morgan fingerprint density at radius 1 is 1.45 bits per heavy atom. The van der Waals surface area contributed by atoms with E-state index in [9.17, 15) is 13.5 Å². The molecular weight excluding hydrogens is 300 g/mol. The second-order valence-corrected chi connectivity index (χ2v) is 7.31. The lowest BCUT2D eigenvalue weighted by Gasteiger charge is -2.27. The third-order valence-electron chi connectivity index (χ3n) is 2.59. The summed E-state index contributed by atoms with van der Waals surface area (Å²) < 4.78 is 26.2. The number of halogens is 1. The lowest BCUT2D eigenvalue weighted by Crippen LogP contribution is -2.42. The zero-order chi connectivity index (χ0) is 15.6. The molecule has 0 amide bonds. The largest absolute Gasteiger partial charge is 0.389 e. The Morgan fingerprint density at radius 2 is 2.05 bits per heavy atom. The van der Waals surface area contributed by atoms with Gasteiger partial charge < -0.3 is 5.11 Å². The summed E-state index contributed by atoms with van der Waals surface area (Å²) in [6.45, 7) is 4.86. The Kier molecular flexibility index (Phi) is 5.16. The van der Waals surface area contributed by atoms with Gasteiger partial charge in [-0.15, -0.1) is 0 Å². The van der Waals surface area contributed by atoms with Crippen molar-refractivity contribution in [2.75, 3.05) is 13.1 Å². The summed E-state index contributed by atoms with van der Waals surface area (Å²) in [5.74, 6) is 0. The van der Waals surface area contributed by atoms with Crippen LogP contribution in [-0.2, 0) is 10.0 Å². The van der Waals surface area contributed by atoms with Crippen LogP contribution in [0.5, 0.6) is 0 Å². The highest BCUT2D eigenvalue weighted by molar-refractivity contribution is 7.89. The summed E-state index contributed by atoms with van der Waals surface area (Å²) in [4.78, 5) is -0.121. The molecule has 0 bridgehead atoms. The topological polar surface area (TPSA) is 81.4 Å². The number of hydrogen-bond acceptors (Lipinski definition) is 4. The minimum absolute atomic E-state index is 0.0539. The maximum Gasteiger partial charge on any atom is 0.244 e. The zero-order valence-electron chi connectivity index (χ0n) is 11.6. The molecule has 1 aromatic carbocycles. The van der Waals surface area contributed by atoms with E-state index in [1.165, 1.54) is 32.0 Å². The molecule has 0 atom stereocenters. The second-order valence-electron chi connectivity index (χ2n) is 5.00. The molecule has 0 saturated carbocycles. The molecule has 110 valence electrons. The standard InChI is InChI=1S/C13H17ClN2O3S/c1-4-16(9-13(2,3)17)20(18,19)12-7-10(8-15)5-6-11(12)14/h5-7,17H,4,9H2,1-3H3. The number of rotatable bonds is 5. The minimum atomic E-state index is -3.86. The monoisotopic (exact) mass is 316 g/mol. The zero-order valence-corrected chi connectivity index (χ0v) is 13.2. The van der Waals surface area contributed by atoms with Crippen molar-refractivity contribution in [3.63, 3.8) is 0 Å². The van der Waals surface area contributed by atoms with E-state index in [1.807, 2.05) is 6.07 Å². The van der Waals surface area contributed by atoms with E-state index in [2.05, 4.69) is 0 Å². The van der Waals surface area contributed by atoms with Crippen LogP contribution in [0.25, 0.3) is 0 Å². The van der Waals surface area contributed by atoms with Gasteiger partial charge in [0.1, 0.15) is 4.90 Å². The Balaban J connectivity index is 3.31. The Bertz CT molecular complexity index is 630. The summed E-state index contributed by atoms with van der Waals surface area (Å²) in [7, 11) is -3.86. The molecule has 0 unspecified atom stereocenters. The highest BCUT2D eigenvalue weighted by atomic mass is 35.5. The summed E-state index contributed by atoms with van der Waals surface area (Å²) in [5.41, 5.74) is -0.949. The molecule has 20 heavy (non-hydrogen) atoms. The SMILES string of the molecule is CCN(CC(C)(C)O)S(=O)(=O)c1cc(C#N)ccc1Cl. The first-order valence-corrected chi connectivity index (χ1v) is 7.86. The van der Waals surface area contributed by atoms with Gasteiger partial charge in [0.05, 0.1) is 22.3 Å². The highest BCUT2D eigenvalue weighted by Crippen LogP contribution is 2.26. The van der Waals surface area contributed by atoms with Gasteiger partial charge in [0.15, 0.2) is 0 Å². The maximum absolute atomic E-state index is 12.6. The Morgan fingerprint density at radius 3 is 2.50 bits per heavy atom. The van der Waals surface area contributed by atoms with Crippen LogP contribution in [0.4, 0.5) is 0 Å². The molecule has 0 heterocycles. The van der Waals surface area contributed by atoms with E-state index >= 15 is 0 Å². The quantitative estimate of drug-likeness (QED) is 0.900. The number of nitriles is 1. The number of aliphatic hydroxyl groups is 1. The summed E-state index contributed by atoms with van der Waals surface area (Å²) in [6, 6.07) is 5.95. The van der Waals surface area contributed by atoms with Crippen LogP contribution in [0.15, 0.2) is 23.1 Å². The molecule has 5 nitrogen and oxygen atoms in total. The van der Waals surface area contributed by atoms with Crippen LogP contribution < -0.4 is 0 Å². The normalized spacial score (nSPS) is 12.4. The van der Waals surface area contributed by atoms with Crippen molar-refractivity contribution in [2.45, 2.75) is 31.3 Å². The first kappa shape index (κ1) is 16.9. The van der Waals surface area contributed by atoms with Crippen molar-refractivity contribution in [1.82, 2.24) is 4.31 Å². The molecule has 1 rings (SSSR count). The van der Waals surface area contributed by atoms with Crippen LogP contribution in [0, 0.1) is 11.3 Å². The predicted molar refractivity (Wildman–Crippen MR) is 76.9 cm³/mol. The van der Waals surface area contributed by atoms with Gasteiger partial charge in [-0.3, -0.25) is 0 Å². The first-order valence-electron chi connectivity index (χ1n) is 6.04. The van der Waals surface area contributed by atoms with E-state index in [0.29, 0.717) is 0 Å². The lowest BCUT2D eigenvalue weighted by molar-refractivity contribution is 0.0601. The van der Waals surface area contributed by atoms with E-state index in [0.717, 1.165) is 4.31 Å². The number of sulfonamides is 1. The molecule has 0 fully saturated rings. The van der Waals surface area contributed by atoms with Crippen molar-refractivity contribution >= 4 is 21.6 Å². The third-order valence-corrected chi connectivity index (χ3v) is 5.00. The fraction of sp³-hybridized carbons (Fsp3) is 0.462. The van der Waals surface area contributed by atoms with Crippen molar-refractivity contribution in [2.24, 2.45) is 0 Å². The van der Waals surface area contributed by atoms with Gasteiger partial charge in [-0.1, -0.05) is 18.5 Å². The average molecular weight is 317 g/mol. The third kappa shape index (κ3) is 3.93. The number of likely N-dealkylation sites (N-methyl/N-ethyl adjacent to an activating group) is 1. The van der Waals surface area contributed by atoms with Crippen molar-refractivity contribution in [3.05, 3.63) is 28.8 Å². The number of nitrogens with zero attached hydrogens (tertiary/aromatic N) is 2. The summed E-state index contributed by atoms with van der Waals surface area (Å²) in [5, 5.41) is 18.7. The minimum Gasteiger partial charge on any atom is -0.389 e. The molecule has 0 radical (unpaired) electrons. The smallest absolute Gasteiger partial charge is 0.244 e. The van der Waals surface area contributed by atoms with Gasteiger partial charge in [-0.05, 0) is 32.0 Å². The molecule has 0 saturated heterocycles. The van der Waals surface area contributed by atoms with Crippen molar-refractivity contribution < 1.29 is 13.5 Å². The van der Waals surface area contributed by atoms with Gasteiger partial charge in [0, 0.05) is 13.1 Å². The Labute approximate surface area is 124 Å². The first-order chi connectivity index (χ1) is 9.11. The van der Waals surface area contributed by atoms with Crippen LogP contribution >= 0.6 is 11.6 Å². The van der Waals surface area contributed by atoms with Crippen LogP contribution in [-0.4, -0.2) is 36.5 Å². The molecule has 0 spiro atoms. The van der Waals surface area contributed by atoms with E-state index < -0.39 is 15.6 Å². The molecule has 0 aliphatic heterocycles. The van der Waals surface area contributed by atoms with Gasteiger partial charge in [0.2, 0.25) is 10.0 Å². The van der Waals surface area contributed by atoms with E-state index in [-0.39, 0.29) is 28.6 Å². The summed E-state index contributed by atoms with van der Waals surface area (Å²) in [6.07, 6.45) is 0. The molecule has 1 aromatic rings. The van der Waals surface area contributed by atoms with Crippen molar-refractivity contribution in [3.8, 4) is 6.07 Å². The highest BCUT2D eigenvalue weighted by Gasteiger charge is 2.30. The second kappa shape index (κ2) is 6.10. The van der Waals surface area contributed by atoms with E-state index in [1.54, 1.807) is 6.92 Å². The van der Waals surface area contributed by atoms with Crippen LogP contribution in [0.3, 0.4) is 0 Å². The van der Waals surface area contributed by atoms with Crippen LogP contribution in [0.2, 0.25) is 5.02 Å². The van der Waals surface area contributed by atoms with Crippen molar-refractivity contribution in [1.29, 1.82) is 5.26 Å². The molecule has 7 heteroatoms. The molecule has 1 N–H and O–H groups in total. The Hall–Kier alpha value is -1.13. The van der Waals surface area contributed by atoms with Crippen LogP contribution in [0.1, 0.15) is 26.3 Å². The fourth-order valence-electron chi connectivity index (χ4n) is 1.71. The lowest BCUT2D eigenvalue weighted by atomic mass is 10.1. The number of benzene rings is 1. The van der Waals surface area contributed by atoms with Gasteiger partial charge in [0.25, 0.3) is 0 Å². The molecular formula is C13H17ClN2O3S. The number of hydrogen-bond donors (Lipinski definition) is 1. The predicted octanol–water partition coefficient (Wildman–Crippen LogP) is 1.99. The summed E-state index contributed by atoms with van der Waals surface area (Å²) >= 11 is 5.93. The van der Waals surface area contributed by atoms with Gasteiger partial charge in [-0.25, -0.2) is 8.42 Å². The molecule has 0 aromatic heterocycles. The maximum atomic E-state index is 12.6. The van der Waals surface area contributed by atoms with E-state index in [4.69, 9.17) is 16.9 Å². The fourth-order valence-corrected chi connectivity index (χ4v) is 3.81. The molecule has 0 aliphatic rings. The average Bonchev–Trinajstić information content (AvgIpc) is 2.35.